The van der Waals surface area contributed by atoms with Crippen LogP contribution in [0, 0.1) is 5.82 Å². The zero-order chi connectivity index (χ0) is 14.0. The zero-order valence-electron chi connectivity index (χ0n) is 9.55. The summed E-state index contributed by atoms with van der Waals surface area (Å²) < 4.78 is 13.9. The SMILES string of the molecule is Oc1ccc(CNc2cc(Cl)c(F)c(Cl)c2)cc1Br. The highest BCUT2D eigenvalue weighted by Crippen LogP contribution is 2.28. The summed E-state index contributed by atoms with van der Waals surface area (Å²) in [5, 5.41) is 12.4. The maximum atomic E-state index is 13.2. The van der Waals surface area contributed by atoms with E-state index < -0.39 is 5.82 Å². The number of hydrogen-bond donors (Lipinski definition) is 2. The Labute approximate surface area is 128 Å². The summed E-state index contributed by atoms with van der Waals surface area (Å²) in [6, 6.07) is 8.09. The van der Waals surface area contributed by atoms with Crippen molar-refractivity contribution in [2.45, 2.75) is 6.54 Å². The molecule has 0 saturated heterocycles. The number of benzene rings is 2. The van der Waals surface area contributed by atoms with E-state index in [9.17, 15) is 9.50 Å². The largest absolute Gasteiger partial charge is 0.507 e. The van der Waals surface area contributed by atoms with Gasteiger partial charge in [0, 0.05) is 12.2 Å². The minimum Gasteiger partial charge on any atom is -0.507 e. The summed E-state index contributed by atoms with van der Waals surface area (Å²) >= 11 is 14.6. The first-order valence-corrected chi connectivity index (χ1v) is 6.88. The summed E-state index contributed by atoms with van der Waals surface area (Å²) in [4.78, 5) is 0. The molecule has 0 saturated carbocycles. The fraction of sp³-hybridized carbons (Fsp3) is 0.0769. The van der Waals surface area contributed by atoms with E-state index in [-0.39, 0.29) is 15.8 Å². The predicted octanol–water partition coefficient (Wildman–Crippen LogP) is 5.21. The number of phenolic OH excluding ortho intramolecular Hbond substituents is 1. The van der Waals surface area contributed by atoms with Gasteiger partial charge in [0.05, 0.1) is 14.5 Å². The Hall–Kier alpha value is -0.970. The van der Waals surface area contributed by atoms with E-state index in [2.05, 4.69) is 21.2 Å². The molecule has 0 spiro atoms. The van der Waals surface area contributed by atoms with E-state index in [1.54, 1.807) is 18.2 Å². The topological polar surface area (TPSA) is 32.3 Å². The zero-order valence-corrected chi connectivity index (χ0v) is 12.7. The maximum absolute atomic E-state index is 13.2. The van der Waals surface area contributed by atoms with Crippen molar-refractivity contribution >= 4 is 44.8 Å². The molecule has 6 heteroatoms. The maximum Gasteiger partial charge on any atom is 0.160 e. The summed E-state index contributed by atoms with van der Waals surface area (Å²) in [6.45, 7) is 0.497. The summed E-state index contributed by atoms with van der Waals surface area (Å²) in [5.74, 6) is -0.446. The first kappa shape index (κ1) is 14.4. The smallest absolute Gasteiger partial charge is 0.160 e. The van der Waals surface area contributed by atoms with Crippen molar-refractivity contribution in [3.05, 3.63) is 56.2 Å². The average molecular weight is 365 g/mol. The monoisotopic (exact) mass is 363 g/mol. The van der Waals surface area contributed by atoms with Crippen LogP contribution in [0.15, 0.2) is 34.8 Å². The van der Waals surface area contributed by atoms with Crippen LogP contribution in [0.2, 0.25) is 10.0 Å². The van der Waals surface area contributed by atoms with Crippen molar-refractivity contribution in [1.29, 1.82) is 0 Å². The Bertz CT molecular complexity index is 599. The Morgan fingerprint density at radius 1 is 1.16 bits per heavy atom. The molecule has 100 valence electrons. The number of anilines is 1. The van der Waals surface area contributed by atoms with Crippen molar-refractivity contribution < 1.29 is 9.50 Å². The van der Waals surface area contributed by atoms with Crippen LogP contribution in [0.1, 0.15) is 5.56 Å². The second kappa shape index (κ2) is 5.99. The minimum absolute atomic E-state index is 0.0260. The predicted molar refractivity (Wildman–Crippen MR) is 79.6 cm³/mol. The molecule has 2 rings (SSSR count). The van der Waals surface area contributed by atoms with Crippen LogP contribution in [-0.4, -0.2) is 5.11 Å². The molecule has 0 unspecified atom stereocenters. The summed E-state index contributed by atoms with van der Waals surface area (Å²) in [5.41, 5.74) is 1.57. The lowest BCUT2D eigenvalue weighted by Gasteiger charge is -2.09. The lowest BCUT2D eigenvalue weighted by molar-refractivity contribution is 0.471. The lowest BCUT2D eigenvalue weighted by atomic mass is 10.2. The van der Waals surface area contributed by atoms with Crippen LogP contribution >= 0.6 is 39.1 Å². The van der Waals surface area contributed by atoms with Crippen LogP contribution in [0.4, 0.5) is 10.1 Å². The van der Waals surface area contributed by atoms with Crippen LogP contribution in [0.3, 0.4) is 0 Å². The van der Waals surface area contributed by atoms with E-state index >= 15 is 0 Å². The van der Waals surface area contributed by atoms with Crippen LogP contribution in [0.25, 0.3) is 0 Å². The van der Waals surface area contributed by atoms with Crippen LogP contribution in [-0.2, 0) is 6.54 Å². The van der Waals surface area contributed by atoms with Crippen molar-refractivity contribution in [2.75, 3.05) is 5.32 Å². The number of hydrogen-bond acceptors (Lipinski definition) is 2. The molecular weight excluding hydrogens is 356 g/mol. The Morgan fingerprint density at radius 2 is 1.79 bits per heavy atom. The highest BCUT2D eigenvalue weighted by molar-refractivity contribution is 9.10. The third kappa shape index (κ3) is 3.53. The molecule has 2 N–H and O–H groups in total. The van der Waals surface area contributed by atoms with Gasteiger partial charge < -0.3 is 10.4 Å². The van der Waals surface area contributed by atoms with Crippen LogP contribution in [0.5, 0.6) is 5.75 Å². The number of halogens is 4. The molecule has 0 aliphatic carbocycles. The molecule has 19 heavy (non-hydrogen) atoms. The molecule has 2 aromatic carbocycles. The van der Waals surface area contributed by atoms with Gasteiger partial charge in [0.2, 0.25) is 0 Å². The third-order valence-electron chi connectivity index (χ3n) is 2.49. The van der Waals surface area contributed by atoms with Gasteiger partial charge in [-0.1, -0.05) is 29.3 Å². The van der Waals surface area contributed by atoms with Gasteiger partial charge in [0.1, 0.15) is 5.75 Å². The van der Waals surface area contributed by atoms with Gasteiger partial charge in [-0.2, -0.15) is 0 Å². The van der Waals surface area contributed by atoms with E-state index in [0.717, 1.165) is 5.56 Å². The molecule has 0 bridgehead atoms. The van der Waals surface area contributed by atoms with Gasteiger partial charge in [0.25, 0.3) is 0 Å². The molecule has 0 heterocycles. The van der Waals surface area contributed by atoms with E-state index in [0.29, 0.717) is 16.7 Å². The molecule has 2 nitrogen and oxygen atoms in total. The Morgan fingerprint density at radius 3 is 2.37 bits per heavy atom. The van der Waals surface area contributed by atoms with Crippen molar-refractivity contribution in [3.8, 4) is 5.75 Å². The first-order chi connectivity index (χ1) is 8.97. The van der Waals surface area contributed by atoms with Crippen molar-refractivity contribution in [1.82, 2.24) is 0 Å². The minimum atomic E-state index is -0.624. The van der Waals surface area contributed by atoms with Gasteiger partial charge >= 0.3 is 0 Å². The van der Waals surface area contributed by atoms with Crippen molar-refractivity contribution in [2.24, 2.45) is 0 Å². The molecule has 0 amide bonds. The molecule has 0 aliphatic rings. The van der Waals surface area contributed by atoms with Gasteiger partial charge in [-0.3, -0.25) is 0 Å². The Kier molecular flexibility index (Phi) is 4.55. The van der Waals surface area contributed by atoms with E-state index in [1.807, 2.05) is 0 Å². The summed E-state index contributed by atoms with van der Waals surface area (Å²) in [7, 11) is 0. The summed E-state index contributed by atoms with van der Waals surface area (Å²) in [6.07, 6.45) is 0. The quantitative estimate of drug-likeness (QED) is 0.732. The van der Waals surface area contributed by atoms with Gasteiger partial charge in [-0.05, 0) is 45.8 Å². The molecule has 0 aliphatic heterocycles. The number of nitrogens with one attached hydrogen (secondary N) is 1. The molecule has 2 aromatic rings. The number of phenols is 1. The molecule has 0 aromatic heterocycles. The normalized spacial score (nSPS) is 10.5. The molecule has 0 fully saturated rings. The third-order valence-corrected chi connectivity index (χ3v) is 3.68. The van der Waals surface area contributed by atoms with Crippen LogP contribution < -0.4 is 5.32 Å². The first-order valence-electron chi connectivity index (χ1n) is 5.33. The fourth-order valence-electron chi connectivity index (χ4n) is 1.52. The second-order valence-electron chi connectivity index (χ2n) is 3.89. The highest BCUT2D eigenvalue weighted by atomic mass is 79.9. The lowest BCUT2D eigenvalue weighted by Crippen LogP contribution is -2.00. The molecular formula is C13H9BrCl2FNO. The molecule has 0 atom stereocenters. The van der Waals surface area contributed by atoms with E-state index in [1.165, 1.54) is 12.1 Å². The average Bonchev–Trinajstić information content (AvgIpc) is 2.37. The second-order valence-corrected chi connectivity index (χ2v) is 5.56. The van der Waals surface area contributed by atoms with Gasteiger partial charge in [0.15, 0.2) is 5.82 Å². The Balaban J connectivity index is 2.12. The van der Waals surface area contributed by atoms with Gasteiger partial charge in [-0.25, -0.2) is 4.39 Å². The number of aromatic hydroxyl groups is 1. The van der Waals surface area contributed by atoms with Gasteiger partial charge in [-0.15, -0.1) is 0 Å². The molecule has 0 radical (unpaired) electrons. The highest BCUT2D eigenvalue weighted by Gasteiger charge is 2.07. The number of rotatable bonds is 3. The van der Waals surface area contributed by atoms with E-state index in [4.69, 9.17) is 23.2 Å². The van der Waals surface area contributed by atoms with Crippen molar-refractivity contribution in [3.63, 3.8) is 0 Å². The standard InChI is InChI=1S/C13H9BrCl2FNO/c14-9-3-7(1-2-12(9)19)6-18-8-4-10(15)13(17)11(16)5-8/h1-5,18-19H,6H2. The fourth-order valence-corrected chi connectivity index (χ4v) is 2.44.